The average molecular weight is 260 g/mol. The summed E-state index contributed by atoms with van der Waals surface area (Å²) in [5.74, 6) is 5.45. The number of carbonyl (C=O) groups excluding carboxylic acids is 1. The molecule has 19 heavy (non-hydrogen) atoms. The van der Waals surface area contributed by atoms with Crippen LogP contribution in [0.1, 0.15) is 30.2 Å². The Morgan fingerprint density at radius 1 is 1.47 bits per heavy atom. The van der Waals surface area contributed by atoms with Gasteiger partial charge in [-0.15, -0.1) is 0 Å². The third kappa shape index (κ3) is 3.08. The fraction of sp³-hybridized carbons (Fsp3) is 0.250. The Morgan fingerprint density at radius 3 is 2.89 bits per heavy atom. The van der Waals surface area contributed by atoms with Crippen LogP contribution in [0.25, 0.3) is 0 Å². The van der Waals surface area contributed by atoms with Gasteiger partial charge in [-0.05, 0) is 26.0 Å². The summed E-state index contributed by atoms with van der Waals surface area (Å²) in [4.78, 5) is 16.0. The van der Waals surface area contributed by atoms with Crippen molar-refractivity contribution in [3.8, 4) is 0 Å². The van der Waals surface area contributed by atoms with Crippen molar-refractivity contribution < 1.29 is 4.79 Å². The second kappa shape index (κ2) is 5.49. The first-order valence-electron chi connectivity index (χ1n) is 5.88. The van der Waals surface area contributed by atoms with Crippen molar-refractivity contribution >= 4 is 17.4 Å². The summed E-state index contributed by atoms with van der Waals surface area (Å²) < 4.78 is 1.77. The maximum Gasteiger partial charge on any atom is 0.255 e. The molecule has 2 heterocycles. The van der Waals surface area contributed by atoms with Crippen molar-refractivity contribution in [1.82, 2.24) is 14.8 Å². The molecule has 0 aliphatic rings. The molecule has 2 aromatic heterocycles. The van der Waals surface area contributed by atoms with Crippen molar-refractivity contribution in [1.29, 1.82) is 0 Å². The zero-order chi connectivity index (χ0) is 13.8. The number of hydrazine groups is 1. The second-order valence-electron chi connectivity index (χ2n) is 4.33. The van der Waals surface area contributed by atoms with E-state index in [0.29, 0.717) is 17.1 Å². The van der Waals surface area contributed by atoms with Gasteiger partial charge >= 0.3 is 0 Å². The van der Waals surface area contributed by atoms with Gasteiger partial charge in [0, 0.05) is 24.0 Å². The van der Waals surface area contributed by atoms with E-state index < -0.39 is 0 Å². The van der Waals surface area contributed by atoms with Crippen molar-refractivity contribution in [2.45, 2.75) is 19.9 Å². The van der Waals surface area contributed by atoms with Crippen LogP contribution in [0.15, 0.2) is 30.7 Å². The van der Waals surface area contributed by atoms with E-state index >= 15 is 0 Å². The largest absolute Gasteiger partial charge is 0.319 e. The molecule has 0 bridgehead atoms. The quantitative estimate of drug-likeness (QED) is 0.570. The molecule has 0 atom stereocenters. The van der Waals surface area contributed by atoms with E-state index in [1.54, 1.807) is 29.2 Å². The number of nitrogens with two attached hydrogens (primary N) is 1. The SMILES string of the molecule is CC(C)n1cc(NC(=O)c2ccnc(NN)c2)cn1. The van der Waals surface area contributed by atoms with Crippen molar-refractivity contribution in [3.05, 3.63) is 36.3 Å². The minimum atomic E-state index is -0.234. The van der Waals surface area contributed by atoms with E-state index in [1.807, 2.05) is 13.8 Å². The Morgan fingerprint density at radius 2 is 2.26 bits per heavy atom. The Labute approximate surface area is 110 Å². The number of nitrogens with zero attached hydrogens (tertiary/aromatic N) is 3. The van der Waals surface area contributed by atoms with Crippen LogP contribution >= 0.6 is 0 Å². The Kier molecular flexibility index (Phi) is 3.76. The lowest BCUT2D eigenvalue weighted by Crippen LogP contribution is -2.14. The van der Waals surface area contributed by atoms with E-state index in [1.165, 1.54) is 6.20 Å². The first kappa shape index (κ1) is 13.0. The minimum Gasteiger partial charge on any atom is -0.319 e. The molecule has 0 saturated carbocycles. The van der Waals surface area contributed by atoms with Gasteiger partial charge in [-0.3, -0.25) is 9.48 Å². The molecular formula is C12H16N6O. The van der Waals surface area contributed by atoms with Crippen LogP contribution in [-0.4, -0.2) is 20.7 Å². The summed E-state index contributed by atoms with van der Waals surface area (Å²) >= 11 is 0. The lowest BCUT2D eigenvalue weighted by atomic mass is 10.2. The molecule has 0 unspecified atom stereocenters. The number of nitrogen functional groups attached to an aromatic ring is 1. The standard InChI is InChI=1S/C12H16N6O/c1-8(2)18-7-10(6-15-18)16-12(19)9-3-4-14-11(5-9)17-13/h3-8H,13H2,1-2H3,(H,14,17)(H,16,19). The molecule has 7 nitrogen and oxygen atoms in total. The van der Waals surface area contributed by atoms with E-state index in [-0.39, 0.29) is 11.9 Å². The number of hydrogen-bond donors (Lipinski definition) is 3. The van der Waals surface area contributed by atoms with Crippen LogP contribution in [0.2, 0.25) is 0 Å². The van der Waals surface area contributed by atoms with Crippen molar-refractivity contribution in [2.75, 3.05) is 10.7 Å². The highest BCUT2D eigenvalue weighted by Crippen LogP contribution is 2.12. The molecule has 0 spiro atoms. The highest BCUT2D eigenvalue weighted by Gasteiger charge is 2.09. The predicted octanol–water partition coefficient (Wildman–Crippen LogP) is 1.40. The number of amides is 1. The summed E-state index contributed by atoms with van der Waals surface area (Å²) in [7, 11) is 0. The first-order chi connectivity index (χ1) is 9.10. The fourth-order valence-corrected chi connectivity index (χ4v) is 1.54. The lowest BCUT2D eigenvalue weighted by Gasteiger charge is -2.05. The smallest absolute Gasteiger partial charge is 0.255 e. The maximum atomic E-state index is 12.0. The Hall–Kier alpha value is -2.41. The molecule has 2 aromatic rings. The third-order valence-electron chi connectivity index (χ3n) is 2.56. The molecule has 2 rings (SSSR count). The van der Waals surface area contributed by atoms with Gasteiger partial charge in [0.2, 0.25) is 0 Å². The van der Waals surface area contributed by atoms with Crippen LogP contribution in [0.4, 0.5) is 11.5 Å². The van der Waals surface area contributed by atoms with Crippen molar-refractivity contribution in [3.63, 3.8) is 0 Å². The number of hydrogen-bond acceptors (Lipinski definition) is 5. The highest BCUT2D eigenvalue weighted by atomic mass is 16.1. The Bertz CT molecular complexity index is 577. The van der Waals surface area contributed by atoms with Gasteiger partial charge in [-0.1, -0.05) is 0 Å². The van der Waals surface area contributed by atoms with Crippen LogP contribution in [0.5, 0.6) is 0 Å². The van der Waals surface area contributed by atoms with Gasteiger partial charge in [-0.2, -0.15) is 5.10 Å². The summed E-state index contributed by atoms with van der Waals surface area (Å²) in [5.41, 5.74) is 3.52. The van der Waals surface area contributed by atoms with Gasteiger partial charge in [0.25, 0.3) is 5.91 Å². The molecule has 0 fully saturated rings. The number of nitrogens with one attached hydrogen (secondary N) is 2. The summed E-state index contributed by atoms with van der Waals surface area (Å²) in [6.45, 7) is 4.03. The fourth-order valence-electron chi connectivity index (χ4n) is 1.54. The number of pyridine rings is 1. The first-order valence-corrected chi connectivity index (χ1v) is 5.88. The topological polar surface area (TPSA) is 97.9 Å². The van der Waals surface area contributed by atoms with Crippen LogP contribution in [-0.2, 0) is 0 Å². The summed E-state index contributed by atoms with van der Waals surface area (Å²) in [5, 5.41) is 6.92. The normalized spacial score (nSPS) is 10.5. The van der Waals surface area contributed by atoms with Gasteiger partial charge in [-0.25, -0.2) is 10.8 Å². The molecule has 0 aromatic carbocycles. The lowest BCUT2D eigenvalue weighted by molar-refractivity contribution is 0.102. The van der Waals surface area contributed by atoms with Gasteiger partial charge in [0.1, 0.15) is 5.82 Å². The van der Waals surface area contributed by atoms with E-state index in [2.05, 4.69) is 20.8 Å². The number of anilines is 2. The Balaban J connectivity index is 2.11. The van der Waals surface area contributed by atoms with E-state index in [0.717, 1.165) is 0 Å². The minimum absolute atomic E-state index is 0.234. The van der Waals surface area contributed by atoms with E-state index in [9.17, 15) is 4.79 Å². The van der Waals surface area contributed by atoms with Gasteiger partial charge in [0.05, 0.1) is 11.9 Å². The average Bonchev–Trinajstić information content (AvgIpc) is 2.87. The molecular weight excluding hydrogens is 244 g/mol. The monoisotopic (exact) mass is 260 g/mol. The molecule has 7 heteroatoms. The predicted molar refractivity (Wildman–Crippen MR) is 72.6 cm³/mol. The highest BCUT2D eigenvalue weighted by molar-refractivity contribution is 6.04. The summed E-state index contributed by atoms with van der Waals surface area (Å²) in [6.07, 6.45) is 4.91. The molecule has 1 amide bonds. The van der Waals surface area contributed by atoms with Crippen LogP contribution < -0.4 is 16.6 Å². The molecule has 0 aliphatic carbocycles. The van der Waals surface area contributed by atoms with Gasteiger partial charge in [0.15, 0.2) is 0 Å². The molecule has 100 valence electrons. The third-order valence-corrected chi connectivity index (χ3v) is 2.56. The second-order valence-corrected chi connectivity index (χ2v) is 4.33. The van der Waals surface area contributed by atoms with Gasteiger partial charge < -0.3 is 10.7 Å². The zero-order valence-corrected chi connectivity index (χ0v) is 10.8. The van der Waals surface area contributed by atoms with Crippen LogP contribution in [0.3, 0.4) is 0 Å². The molecule has 0 saturated heterocycles. The number of rotatable bonds is 4. The molecule has 0 aliphatic heterocycles. The number of carbonyl (C=O) groups is 1. The van der Waals surface area contributed by atoms with Crippen molar-refractivity contribution in [2.24, 2.45) is 5.84 Å². The number of aromatic nitrogens is 3. The van der Waals surface area contributed by atoms with E-state index in [4.69, 9.17) is 5.84 Å². The molecule has 0 radical (unpaired) electrons. The maximum absolute atomic E-state index is 12.0. The molecule has 4 N–H and O–H groups in total. The summed E-state index contributed by atoms with van der Waals surface area (Å²) in [6, 6.07) is 3.44. The zero-order valence-electron chi connectivity index (χ0n) is 10.8. The van der Waals surface area contributed by atoms with Crippen LogP contribution in [0, 0.1) is 0 Å².